The molecule has 0 aliphatic carbocycles. The molecule has 1 aromatic carbocycles. The third kappa shape index (κ3) is 2.83. The Morgan fingerprint density at radius 3 is 2.47 bits per heavy atom. The average Bonchev–Trinajstić information content (AvgIpc) is 2.72. The van der Waals surface area contributed by atoms with Crippen LogP contribution in [-0.4, -0.2) is 18.0 Å². The van der Waals surface area contributed by atoms with Gasteiger partial charge in [-0.05, 0) is 36.9 Å². The van der Waals surface area contributed by atoms with Gasteiger partial charge in [0, 0.05) is 18.7 Å². The molecule has 0 aromatic heterocycles. The molecule has 0 bridgehead atoms. The third-order valence-electron chi connectivity index (χ3n) is 3.70. The summed E-state index contributed by atoms with van der Waals surface area (Å²) in [4.78, 5) is 2.14. The number of likely N-dealkylation sites (tertiary alicyclic amines) is 1. The summed E-state index contributed by atoms with van der Waals surface area (Å²) in [6.45, 7) is 6.69. The molecule has 0 saturated carbocycles. The minimum absolute atomic E-state index is 0.205. The lowest BCUT2D eigenvalue weighted by molar-refractivity contribution is 0.288. The molecular weight excluding hydrogens is 220 g/mol. The van der Waals surface area contributed by atoms with Crippen molar-refractivity contribution in [3.63, 3.8) is 0 Å². The van der Waals surface area contributed by atoms with Gasteiger partial charge < -0.3 is 0 Å². The first-order valence-corrected chi connectivity index (χ1v) is 6.23. The summed E-state index contributed by atoms with van der Waals surface area (Å²) in [5.74, 6) is 0.436. The van der Waals surface area contributed by atoms with Crippen LogP contribution < -0.4 is 0 Å². The highest BCUT2D eigenvalue weighted by Gasteiger charge is 2.25. The van der Waals surface area contributed by atoms with Gasteiger partial charge >= 0.3 is 0 Å². The van der Waals surface area contributed by atoms with E-state index in [1.807, 2.05) is 0 Å². The zero-order valence-corrected chi connectivity index (χ0v) is 10.4. The van der Waals surface area contributed by atoms with Crippen molar-refractivity contribution in [2.45, 2.75) is 26.8 Å². The Hall–Kier alpha value is -0.960. The quantitative estimate of drug-likeness (QED) is 0.781. The number of hydrogen-bond donors (Lipinski definition) is 0. The Balaban J connectivity index is 2.03. The van der Waals surface area contributed by atoms with Gasteiger partial charge in [0.05, 0.1) is 0 Å². The maximum Gasteiger partial charge on any atom is 0.130 e. The molecule has 1 atom stereocenters. The van der Waals surface area contributed by atoms with Gasteiger partial charge in [-0.2, -0.15) is 0 Å². The summed E-state index contributed by atoms with van der Waals surface area (Å²) in [5.41, 5.74) is 0.205. The van der Waals surface area contributed by atoms with Crippen LogP contribution in [-0.2, 0) is 6.54 Å². The van der Waals surface area contributed by atoms with Gasteiger partial charge in [-0.3, -0.25) is 4.90 Å². The van der Waals surface area contributed by atoms with Crippen molar-refractivity contribution >= 4 is 0 Å². The lowest BCUT2D eigenvalue weighted by Crippen LogP contribution is -2.22. The van der Waals surface area contributed by atoms with E-state index in [9.17, 15) is 8.78 Å². The lowest BCUT2D eigenvalue weighted by Gasteiger charge is -2.18. The number of halogens is 2. The van der Waals surface area contributed by atoms with Crippen LogP contribution in [0.5, 0.6) is 0 Å². The summed E-state index contributed by atoms with van der Waals surface area (Å²) in [7, 11) is 0. The molecule has 17 heavy (non-hydrogen) atoms. The van der Waals surface area contributed by atoms with E-state index in [-0.39, 0.29) is 5.56 Å². The normalized spacial score (nSPS) is 21.4. The standard InChI is InChI=1S/C14H19F2N/c1-10(2)11-6-7-17(8-11)9-12-13(15)4-3-5-14(12)16/h3-5,10-11H,6-9H2,1-2H3. The highest BCUT2D eigenvalue weighted by atomic mass is 19.1. The number of rotatable bonds is 3. The molecule has 0 radical (unpaired) electrons. The molecule has 0 spiro atoms. The van der Waals surface area contributed by atoms with Crippen LogP contribution in [0.15, 0.2) is 18.2 Å². The maximum atomic E-state index is 13.5. The summed E-state index contributed by atoms with van der Waals surface area (Å²) >= 11 is 0. The molecular formula is C14H19F2N. The first-order chi connectivity index (χ1) is 8.08. The second kappa shape index (κ2) is 5.13. The minimum Gasteiger partial charge on any atom is -0.299 e. The second-order valence-corrected chi connectivity index (χ2v) is 5.23. The van der Waals surface area contributed by atoms with E-state index in [0.29, 0.717) is 18.4 Å². The molecule has 1 aromatic rings. The van der Waals surface area contributed by atoms with Gasteiger partial charge in [-0.1, -0.05) is 19.9 Å². The fourth-order valence-electron chi connectivity index (χ4n) is 2.46. The first kappa shape index (κ1) is 12.5. The zero-order chi connectivity index (χ0) is 12.4. The predicted molar refractivity (Wildman–Crippen MR) is 64.6 cm³/mol. The largest absolute Gasteiger partial charge is 0.299 e. The van der Waals surface area contributed by atoms with Gasteiger partial charge in [0.1, 0.15) is 11.6 Å². The minimum atomic E-state index is -0.432. The van der Waals surface area contributed by atoms with E-state index >= 15 is 0 Å². The molecule has 0 N–H and O–H groups in total. The Kier molecular flexibility index (Phi) is 3.77. The topological polar surface area (TPSA) is 3.24 Å². The average molecular weight is 239 g/mol. The fourth-order valence-corrected chi connectivity index (χ4v) is 2.46. The van der Waals surface area contributed by atoms with E-state index in [1.165, 1.54) is 18.2 Å². The van der Waals surface area contributed by atoms with Crippen molar-refractivity contribution < 1.29 is 8.78 Å². The molecule has 0 amide bonds. The highest BCUT2D eigenvalue weighted by Crippen LogP contribution is 2.26. The molecule has 1 fully saturated rings. The van der Waals surface area contributed by atoms with Crippen LogP contribution >= 0.6 is 0 Å². The summed E-state index contributed by atoms with van der Waals surface area (Å²) in [6, 6.07) is 4.07. The molecule has 1 aliphatic rings. The van der Waals surface area contributed by atoms with Gasteiger partial charge in [-0.15, -0.1) is 0 Å². The molecule has 1 aliphatic heterocycles. The van der Waals surface area contributed by atoms with E-state index in [1.54, 1.807) is 0 Å². The maximum absolute atomic E-state index is 13.5. The zero-order valence-electron chi connectivity index (χ0n) is 10.4. The number of nitrogens with zero attached hydrogens (tertiary/aromatic N) is 1. The van der Waals surface area contributed by atoms with E-state index < -0.39 is 11.6 Å². The highest BCUT2D eigenvalue weighted by molar-refractivity contribution is 5.19. The Bertz CT molecular complexity index is 370. The third-order valence-corrected chi connectivity index (χ3v) is 3.70. The van der Waals surface area contributed by atoms with Crippen molar-refractivity contribution in [2.24, 2.45) is 11.8 Å². The number of benzene rings is 1. The van der Waals surface area contributed by atoms with Crippen LogP contribution in [0.2, 0.25) is 0 Å². The lowest BCUT2D eigenvalue weighted by atomic mass is 9.95. The summed E-state index contributed by atoms with van der Waals surface area (Å²) in [6.07, 6.45) is 1.13. The molecule has 94 valence electrons. The van der Waals surface area contributed by atoms with Crippen LogP contribution in [0, 0.1) is 23.5 Å². The molecule has 1 nitrogen and oxygen atoms in total. The van der Waals surface area contributed by atoms with Crippen LogP contribution in [0.4, 0.5) is 8.78 Å². The van der Waals surface area contributed by atoms with Crippen molar-refractivity contribution in [1.82, 2.24) is 4.90 Å². The van der Waals surface area contributed by atoms with E-state index in [2.05, 4.69) is 18.7 Å². The van der Waals surface area contributed by atoms with Crippen LogP contribution in [0.25, 0.3) is 0 Å². The van der Waals surface area contributed by atoms with E-state index in [0.717, 1.165) is 19.5 Å². The number of hydrogen-bond acceptors (Lipinski definition) is 1. The molecule has 1 heterocycles. The smallest absolute Gasteiger partial charge is 0.130 e. The summed E-state index contributed by atoms with van der Waals surface area (Å²) in [5, 5.41) is 0. The van der Waals surface area contributed by atoms with Gasteiger partial charge in [0.2, 0.25) is 0 Å². The van der Waals surface area contributed by atoms with E-state index in [4.69, 9.17) is 0 Å². The second-order valence-electron chi connectivity index (χ2n) is 5.23. The van der Waals surface area contributed by atoms with Crippen molar-refractivity contribution in [3.8, 4) is 0 Å². The van der Waals surface area contributed by atoms with Crippen molar-refractivity contribution in [2.75, 3.05) is 13.1 Å². The van der Waals surface area contributed by atoms with Gasteiger partial charge in [0.15, 0.2) is 0 Å². The fraction of sp³-hybridized carbons (Fsp3) is 0.571. The van der Waals surface area contributed by atoms with Gasteiger partial charge in [-0.25, -0.2) is 8.78 Å². The Morgan fingerprint density at radius 1 is 1.29 bits per heavy atom. The Morgan fingerprint density at radius 2 is 1.94 bits per heavy atom. The van der Waals surface area contributed by atoms with Crippen molar-refractivity contribution in [1.29, 1.82) is 0 Å². The molecule has 3 heteroatoms. The predicted octanol–water partition coefficient (Wildman–Crippen LogP) is 3.44. The van der Waals surface area contributed by atoms with Gasteiger partial charge in [0.25, 0.3) is 0 Å². The molecule has 1 unspecified atom stereocenters. The SMILES string of the molecule is CC(C)C1CCN(Cc2c(F)cccc2F)C1. The van der Waals surface area contributed by atoms with Crippen LogP contribution in [0.1, 0.15) is 25.8 Å². The summed E-state index contributed by atoms with van der Waals surface area (Å²) < 4.78 is 27.0. The van der Waals surface area contributed by atoms with Crippen molar-refractivity contribution in [3.05, 3.63) is 35.4 Å². The molecule has 2 rings (SSSR count). The molecule has 1 saturated heterocycles. The first-order valence-electron chi connectivity index (χ1n) is 6.23. The Labute approximate surface area is 101 Å². The van der Waals surface area contributed by atoms with Crippen LogP contribution in [0.3, 0.4) is 0 Å². The monoisotopic (exact) mass is 239 g/mol.